The molecule has 0 amide bonds. The molecule has 3 rings (SSSR count). The van der Waals surface area contributed by atoms with E-state index in [9.17, 15) is 0 Å². The normalized spacial score (nSPS) is 11.1. The third kappa shape index (κ3) is 3.17. The number of halogens is 1. The van der Waals surface area contributed by atoms with Gasteiger partial charge in [-0.15, -0.1) is 0 Å². The van der Waals surface area contributed by atoms with E-state index in [1.807, 2.05) is 19.4 Å². The van der Waals surface area contributed by atoms with E-state index in [1.54, 1.807) is 0 Å². The van der Waals surface area contributed by atoms with Crippen molar-refractivity contribution in [3.05, 3.63) is 64.5 Å². The molecule has 0 saturated heterocycles. The third-order valence-electron chi connectivity index (χ3n) is 3.63. The highest BCUT2D eigenvalue weighted by Crippen LogP contribution is 2.23. The van der Waals surface area contributed by atoms with Crippen molar-refractivity contribution in [2.45, 2.75) is 13.0 Å². The van der Waals surface area contributed by atoms with Gasteiger partial charge >= 0.3 is 0 Å². The molecule has 2 aromatic heterocycles. The van der Waals surface area contributed by atoms with E-state index in [4.69, 9.17) is 0 Å². The van der Waals surface area contributed by atoms with Gasteiger partial charge in [0.15, 0.2) is 0 Å². The van der Waals surface area contributed by atoms with Crippen LogP contribution in [0.25, 0.3) is 10.9 Å². The molecule has 2 heterocycles. The van der Waals surface area contributed by atoms with Gasteiger partial charge in [0, 0.05) is 40.5 Å². The molecule has 1 aromatic carbocycles. The van der Waals surface area contributed by atoms with Crippen LogP contribution in [0, 0.1) is 0 Å². The zero-order valence-electron chi connectivity index (χ0n) is 12.0. The minimum atomic E-state index is 0.840. The Balaban J connectivity index is 1.98. The first-order valence-electron chi connectivity index (χ1n) is 7.08. The Morgan fingerprint density at radius 2 is 2.10 bits per heavy atom. The van der Waals surface area contributed by atoms with Crippen LogP contribution in [-0.4, -0.2) is 23.1 Å². The lowest BCUT2D eigenvalue weighted by Crippen LogP contribution is -2.10. The number of rotatable bonds is 5. The lowest BCUT2D eigenvalue weighted by atomic mass is 10.1. The van der Waals surface area contributed by atoms with Crippen LogP contribution >= 0.6 is 15.9 Å². The fourth-order valence-corrected chi connectivity index (χ4v) is 3.06. The second-order valence-electron chi connectivity index (χ2n) is 5.16. The summed E-state index contributed by atoms with van der Waals surface area (Å²) in [4.78, 5) is 4.25. The van der Waals surface area contributed by atoms with Crippen LogP contribution in [0.15, 0.2) is 53.4 Å². The average Bonchev–Trinajstić information content (AvgIpc) is 2.84. The smallest absolute Gasteiger partial charge is 0.0491 e. The van der Waals surface area contributed by atoms with Gasteiger partial charge in [0.05, 0.1) is 0 Å². The van der Waals surface area contributed by atoms with Gasteiger partial charge in [-0.2, -0.15) is 0 Å². The number of aromatic nitrogens is 2. The van der Waals surface area contributed by atoms with Gasteiger partial charge in [-0.05, 0) is 59.2 Å². The molecule has 0 saturated carbocycles. The Morgan fingerprint density at radius 3 is 2.90 bits per heavy atom. The molecule has 0 radical (unpaired) electrons. The summed E-state index contributed by atoms with van der Waals surface area (Å²) in [5.74, 6) is 0. The Morgan fingerprint density at radius 1 is 1.24 bits per heavy atom. The molecule has 4 heteroatoms. The number of nitrogens with one attached hydrogen (secondary N) is 1. The first-order chi connectivity index (χ1) is 10.3. The highest BCUT2D eigenvalue weighted by molar-refractivity contribution is 9.10. The van der Waals surface area contributed by atoms with Crippen LogP contribution in [-0.2, 0) is 13.0 Å². The lowest BCUT2D eigenvalue weighted by molar-refractivity contribution is 0.782. The Bertz CT molecular complexity index is 749. The average molecular weight is 344 g/mol. The number of para-hydroxylation sites is 1. The van der Waals surface area contributed by atoms with E-state index >= 15 is 0 Å². The molecule has 0 spiro atoms. The van der Waals surface area contributed by atoms with Crippen LogP contribution < -0.4 is 5.32 Å². The summed E-state index contributed by atoms with van der Waals surface area (Å²) in [6.07, 6.45) is 7.05. The van der Waals surface area contributed by atoms with Crippen molar-refractivity contribution >= 4 is 26.8 Å². The molecule has 3 aromatic rings. The quantitative estimate of drug-likeness (QED) is 0.766. The van der Waals surface area contributed by atoms with Gasteiger partial charge in [0.1, 0.15) is 0 Å². The van der Waals surface area contributed by atoms with Crippen LogP contribution in [0.4, 0.5) is 0 Å². The molecule has 1 N–H and O–H groups in total. The van der Waals surface area contributed by atoms with Crippen LogP contribution in [0.5, 0.6) is 0 Å². The number of likely N-dealkylation sites (N-methyl/N-ethyl adjacent to an activating group) is 1. The maximum Gasteiger partial charge on any atom is 0.0491 e. The molecule has 0 aliphatic carbocycles. The largest absolute Gasteiger partial charge is 0.343 e. The van der Waals surface area contributed by atoms with Crippen molar-refractivity contribution in [2.24, 2.45) is 0 Å². The molecule has 3 nitrogen and oxygen atoms in total. The second-order valence-corrected chi connectivity index (χ2v) is 6.08. The van der Waals surface area contributed by atoms with Crippen LogP contribution in [0.3, 0.4) is 0 Å². The predicted octanol–water partition coefficient (Wildman–Crippen LogP) is 3.61. The summed E-state index contributed by atoms with van der Waals surface area (Å²) >= 11 is 3.48. The van der Waals surface area contributed by atoms with Gasteiger partial charge < -0.3 is 9.88 Å². The Labute approximate surface area is 133 Å². The maximum absolute atomic E-state index is 4.25. The molecular formula is C17H18BrN3. The first-order valence-corrected chi connectivity index (χ1v) is 7.88. The summed E-state index contributed by atoms with van der Waals surface area (Å²) in [7, 11) is 1.99. The van der Waals surface area contributed by atoms with Gasteiger partial charge in [-0.25, -0.2) is 0 Å². The van der Waals surface area contributed by atoms with Gasteiger partial charge in [0.25, 0.3) is 0 Å². The van der Waals surface area contributed by atoms with Gasteiger partial charge in [-0.1, -0.05) is 18.2 Å². The Kier molecular flexibility index (Phi) is 4.36. The number of hydrogen-bond donors (Lipinski definition) is 1. The van der Waals surface area contributed by atoms with E-state index < -0.39 is 0 Å². The number of hydrogen-bond acceptors (Lipinski definition) is 2. The summed E-state index contributed by atoms with van der Waals surface area (Å²) in [5.41, 5.74) is 3.87. The van der Waals surface area contributed by atoms with Gasteiger partial charge in [0.2, 0.25) is 0 Å². The molecule has 0 aliphatic heterocycles. The topological polar surface area (TPSA) is 29.9 Å². The van der Waals surface area contributed by atoms with E-state index in [0.29, 0.717) is 0 Å². The van der Waals surface area contributed by atoms with Crippen molar-refractivity contribution in [3.63, 3.8) is 0 Å². The molecule has 0 atom stereocenters. The number of benzene rings is 1. The van der Waals surface area contributed by atoms with Crippen molar-refractivity contribution in [2.75, 3.05) is 13.6 Å². The first kappa shape index (κ1) is 14.3. The van der Waals surface area contributed by atoms with Crippen LogP contribution in [0.2, 0.25) is 0 Å². The molecule has 21 heavy (non-hydrogen) atoms. The fourth-order valence-electron chi connectivity index (χ4n) is 2.65. The van der Waals surface area contributed by atoms with E-state index in [-0.39, 0.29) is 0 Å². The molecule has 0 bridgehead atoms. The van der Waals surface area contributed by atoms with Crippen molar-refractivity contribution in [1.29, 1.82) is 0 Å². The summed E-state index contributed by atoms with van der Waals surface area (Å²) < 4.78 is 3.33. The maximum atomic E-state index is 4.25. The molecular weight excluding hydrogens is 326 g/mol. The minimum absolute atomic E-state index is 0.840. The van der Waals surface area contributed by atoms with E-state index in [2.05, 4.69) is 67.3 Å². The zero-order valence-corrected chi connectivity index (χ0v) is 13.6. The number of fused-ring (bicyclic) bond motifs is 1. The zero-order chi connectivity index (χ0) is 14.7. The standard InChI is InChI=1S/C17H18BrN3/c1-19-7-6-14-12-21(17-5-3-2-4-16(14)17)11-13-8-15(18)10-20-9-13/h2-5,8-10,12,19H,6-7,11H2,1H3. The summed E-state index contributed by atoms with van der Waals surface area (Å²) in [6.45, 7) is 1.83. The lowest BCUT2D eigenvalue weighted by Gasteiger charge is -2.05. The predicted molar refractivity (Wildman–Crippen MR) is 90.6 cm³/mol. The molecule has 0 fully saturated rings. The summed E-state index contributed by atoms with van der Waals surface area (Å²) in [5, 5.41) is 4.57. The minimum Gasteiger partial charge on any atom is -0.343 e. The van der Waals surface area contributed by atoms with Crippen molar-refractivity contribution in [1.82, 2.24) is 14.9 Å². The monoisotopic (exact) mass is 343 g/mol. The van der Waals surface area contributed by atoms with Crippen LogP contribution in [0.1, 0.15) is 11.1 Å². The van der Waals surface area contributed by atoms with E-state index in [1.165, 1.54) is 22.0 Å². The summed E-state index contributed by atoms with van der Waals surface area (Å²) in [6, 6.07) is 10.7. The molecule has 0 unspecified atom stereocenters. The Hall–Kier alpha value is -1.65. The van der Waals surface area contributed by atoms with Gasteiger partial charge in [-0.3, -0.25) is 4.98 Å². The highest BCUT2D eigenvalue weighted by atomic mass is 79.9. The highest BCUT2D eigenvalue weighted by Gasteiger charge is 2.08. The second kappa shape index (κ2) is 6.41. The van der Waals surface area contributed by atoms with E-state index in [0.717, 1.165) is 24.0 Å². The molecule has 108 valence electrons. The molecule has 0 aliphatic rings. The SMILES string of the molecule is CNCCc1cn(Cc2cncc(Br)c2)c2ccccc12. The third-order valence-corrected chi connectivity index (χ3v) is 4.06. The van der Waals surface area contributed by atoms with Crippen molar-refractivity contribution in [3.8, 4) is 0 Å². The van der Waals surface area contributed by atoms with Crippen molar-refractivity contribution < 1.29 is 0 Å². The number of nitrogens with zero attached hydrogens (tertiary/aromatic N) is 2. The fraction of sp³-hybridized carbons (Fsp3) is 0.235. The number of pyridine rings is 1.